The molecule has 0 aliphatic carbocycles. The van der Waals surface area contributed by atoms with Gasteiger partial charge in [0.1, 0.15) is 5.58 Å². The molecule has 0 fully saturated rings. The van der Waals surface area contributed by atoms with Crippen LogP contribution in [0.2, 0.25) is 0 Å². The van der Waals surface area contributed by atoms with Crippen LogP contribution in [0.25, 0.3) is 95.7 Å². The summed E-state index contributed by atoms with van der Waals surface area (Å²) in [5, 5.41) is 7.41. The molecule has 0 spiro atoms. The summed E-state index contributed by atoms with van der Waals surface area (Å²) in [6, 6.07) is 72.6. The molecule has 12 rings (SSSR count). The summed E-state index contributed by atoms with van der Waals surface area (Å²) in [6.45, 7) is 0. The summed E-state index contributed by atoms with van der Waals surface area (Å²) >= 11 is 3.68. The number of para-hydroxylation sites is 1. The van der Waals surface area contributed by atoms with E-state index in [0.717, 1.165) is 33.5 Å². The van der Waals surface area contributed by atoms with E-state index in [1.807, 2.05) is 22.7 Å². The van der Waals surface area contributed by atoms with Gasteiger partial charge in [-0.05, 0) is 88.0 Å². The van der Waals surface area contributed by atoms with Crippen molar-refractivity contribution in [3.63, 3.8) is 0 Å². The average molecular weight is 776 g/mol. The lowest BCUT2D eigenvalue weighted by atomic mass is 9.95. The van der Waals surface area contributed by atoms with Gasteiger partial charge in [-0.1, -0.05) is 146 Å². The molecule has 0 atom stereocenters. The van der Waals surface area contributed by atoms with Crippen molar-refractivity contribution in [3.8, 4) is 33.4 Å². The van der Waals surface area contributed by atoms with E-state index in [0.29, 0.717) is 0 Å². The van der Waals surface area contributed by atoms with E-state index in [-0.39, 0.29) is 0 Å². The first kappa shape index (κ1) is 33.2. The molecule has 58 heavy (non-hydrogen) atoms. The molecule has 0 unspecified atom stereocenters. The van der Waals surface area contributed by atoms with Crippen molar-refractivity contribution in [3.05, 3.63) is 200 Å². The van der Waals surface area contributed by atoms with Crippen molar-refractivity contribution in [2.24, 2.45) is 0 Å². The number of thiophene rings is 2. The normalized spacial score (nSPS) is 11.8. The van der Waals surface area contributed by atoms with Crippen LogP contribution in [-0.2, 0) is 0 Å². The van der Waals surface area contributed by atoms with E-state index in [2.05, 4.69) is 205 Å². The predicted molar refractivity (Wildman–Crippen MR) is 250 cm³/mol. The maximum atomic E-state index is 6.64. The highest BCUT2D eigenvalue weighted by Crippen LogP contribution is 2.48. The highest BCUT2D eigenvalue weighted by molar-refractivity contribution is 7.27. The Labute approximate surface area is 343 Å². The summed E-state index contributed by atoms with van der Waals surface area (Å²) in [5.41, 5.74) is 12.4. The number of anilines is 3. The zero-order chi connectivity index (χ0) is 38.2. The van der Waals surface area contributed by atoms with Crippen LogP contribution < -0.4 is 4.90 Å². The molecule has 3 heterocycles. The number of nitrogens with zero attached hydrogens (tertiary/aromatic N) is 1. The number of rotatable bonds is 6. The van der Waals surface area contributed by atoms with Gasteiger partial charge in [0.15, 0.2) is 5.58 Å². The molecule has 0 radical (unpaired) electrons. The van der Waals surface area contributed by atoms with E-state index in [9.17, 15) is 0 Å². The van der Waals surface area contributed by atoms with E-state index in [4.69, 9.17) is 4.42 Å². The van der Waals surface area contributed by atoms with Gasteiger partial charge in [0.05, 0.1) is 15.1 Å². The lowest BCUT2D eigenvalue weighted by molar-refractivity contribution is 0.673. The zero-order valence-corrected chi connectivity index (χ0v) is 32.9. The van der Waals surface area contributed by atoms with E-state index < -0.39 is 0 Å². The van der Waals surface area contributed by atoms with Gasteiger partial charge in [0.2, 0.25) is 0 Å². The van der Waals surface area contributed by atoms with Gasteiger partial charge >= 0.3 is 0 Å². The topological polar surface area (TPSA) is 16.4 Å². The summed E-state index contributed by atoms with van der Waals surface area (Å²) in [4.78, 5) is 2.42. The van der Waals surface area contributed by atoms with Gasteiger partial charge in [-0.2, -0.15) is 0 Å². The Hall–Kier alpha value is -6.98. The lowest BCUT2D eigenvalue weighted by Crippen LogP contribution is -2.10. The molecular formula is C54H33NOS2. The lowest BCUT2D eigenvalue weighted by Gasteiger charge is -2.27. The molecule has 0 aliphatic rings. The van der Waals surface area contributed by atoms with Crippen LogP contribution in [0.5, 0.6) is 0 Å². The fraction of sp³-hybridized carbons (Fsp3) is 0. The first-order valence-corrected chi connectivity index (χ1v) is 21.2. The van der Waals surface area contributed by atoms with E-state index in [1.165, 1.54) is 79.2 Å². The Kier molecular flexibility index (Phi) is 7.62. The molecule has 0 saturated carbocycles. The third-order valence-electron chi connectivity index (χ3n) is 11.5. The summed E-state index contributed by atoms with van der Waals surface area (Å²) in [6.07, 6.45) is 0. The van der Waals surface area contributed by atoms with Crippen LogP contribution in [0.3, 0.4) is 0 Å². The highest BCUT2D eigenvalue weighted by atomic mass is 32.1. The first-order chi connectivity index (χ1) is 28.7. The minimum atomic E-state index is 0.919. The highest BCUT2D eigenvalue weighted by Gasteiger charge is 2.21. The molecule has 3 aromatic heterocycles. The average Bonchev–Trinajstić information content (AvgIpc) is 3.99. The van der Waals surface area contributed by atoms with Gasteiger partial charge in [-0.15, -0.1) is 22.7 Å². The second-order valence-corrected chi connectivity index (χ2v) is 16.9. The van der Waals surface area contributed by atoms with E-state index >= 15 is 0 Å². The summed E-state index contributed by atoms with van der Waals surface area (Å²) in [7, 11) is 0. The van der Waals surface area contributed by atoms with Gasteiger partial charge in [-0.3, -0.25) is 0 Å². The van der Waals surface area contributed by atoms with Crippen LogP contribution in [0.15, 0.2) is 205 Å². The quantitative estimate of drug-likeness (QED) is 0.167. The number of hydrogen-bond donors (Lipinski definition) is 0. The van der Waals surface area contributed by atoms with Gasteiger partial charge in [0.25, 0.3) is 0 Å². The molecular weight excluding hydrogens is 743 g/mol. The minimum absolute atomic E-state index is 0.919. The molecule has 4 heteroatoms. The van der Waals surface area contributed by atoms with Crippen molar-refractivity contribution < 1.29 is 4.42 Å². The van der Waals surface area contributed by atoms with Gasteiger partial charge in [-0.25, -0.2) is 0 Å². The molecule has 2 nitrogen and oxygen atoms in total. The molecule has 272 valence electrons. The monoisotopic (exact) mass is 775 g/mol. The number of benzene rings is 9. The summed E-state index contributed by atoms with van der Waals surface area (Å²) in [5.74, 6) is 0. The molecule has 9 aromatic carbocycles. The summed E-state index contributed by atoms with van der Waals surface area (Å²) < 4.78 is 11.7. The Morgan fingerprint density at radius 3 is 1.72 bits per heavy atom. The third kappa shape index (κ3) is 5.30. The largest absolute Gasteiger partial charge is 0.455 e. The molecule has 0 aliphatic heterocycles. The maximum Gasteiger partial charge on any atom is 0.153 e. The smallest absolute Gasteiger partial charge is 0.153 e. The third-order valence-corrected chi connectivity index (χ3v) is 13.9. The molecule has 0 bridgehead atoms. The Bertz CT molecular complexity index is 3500. The van der Waals surface area contributed by atoms with Gasteiger partial charge in [0, 0.05) is 53.1 Å². The molecule has 0 amide bonds. The standard InChI is InChI=1S/C54H33NOS2/c1-2-12-34(13-3-1)35-28-30-39(31-29-35)55(47-20-11-19-43-41-16-5-8-22-49(41)57-53(43)47)40-15-10-14-38(32-40)36-24-26-37(27-25-36)45-33-46-42-17-6-9-23-50(42)58-54(46)52-51(45)44-18-4-7-21-48(44)56-52/h1-33H. The van der Waals surface area contributed by atoms with Crippen LogP contribution in [0.1, 0.15) is 0 Å². The van der Waals surface area contributed by atoms with Crippen LogP contribution in [0.4, 0.5) is 17.1 Å². The SMILES string of the molecule is c1ccc(-c2ccc(N(c3cccc(-c4ccc(-c5cc6c7ccccc7sc6c6oc7ccccc7c56)cc4)c3)c3cccc4c3sc3ccccc34)cc2)cc1. The van der Waals surface area contributed by atoms with Crippen molar-refractivity contribution in [2.45, 2.75) is 0 Å². The van der Waals surface area contributed by atoms with E-state index in [1.54, 1.807) is 0 Å². The maximum absolute atomic E-state index is 6.64. The molecule has 0 saturated heterocycles. The van der Waals surface area contributed by atoms with Crippen molar-refractivity contribution in [1.29, 1.82) is 0 Å². The van der Waals surface area contributed by atoms with Crippen molar-refractivity contribution >= 4 is 102 Å². The van der Waals surface area contributed by atoms with Crippen LogP contribution in [0, 0.1) is 0 Å². The van der Waals surface area contributed by atoms with Gasteiger partial charge < -0.3 is 9.32 Å². The van der Waals surface area contributed by atoms with Crippen molar-refractivity contribution in [1.82, 2.24) is 0 Å². The van der Waals surface area contributed by atoms with Crippen LogP contribution >= 0.6 is 22.7 Å². The van der Waals surface area contributed by atoms with Crippen LogP contribution in [-0.4, -0.2) is 0 Å². The van der Waals surface area contributed by atoms with Crippen molar-refractivity contribution in [2.75, 3.05) is 4.90 Å². The first-order valence-electron chi connectivity index (χ1n) is 19.6. The number of furan rings is 1. The fourth-order valence-electron chi connectivity index (χ4n) is 8.73. The molecule has 12 aromatic rings. The Morgan fingerprint density at radius 2 is 0.931 bits per heavy atom. The molecule has 0 N–H and O–H groups in total. The Morgan fingerprint density at radius 1 is 0.362 bits per heavy atom. The number of hydrogen-bond acceptors (Lipinski definition) is 4. The Balaban J connectivity index is 0.987. The minimum Gasteiger partial charge on any atom is -0.455 e. The zero-order valence-electron chi connectivity index (χ0n) is 31.2. The number of fused-ring (bicyclic) bond motifs is 10. The second kappa shape index (κ2) is 13.3. The predicted octanol–water partition coefficient (Wildman–Crippen LogP) is 16.8. The fourth-order valence-corrected chi connectivity index (χ4v) is 11.1. The second-order valence-electron chi connectivity index (χ2n) is 14.8.